The minimum absolute atomic E-state index is 0.0101. The number of amides is 1. The molecule has 1 fully saturated rings. The summed E-state index contributed by atoms with van der Waals surface area (Å²) in [6, 6.07) is 4.05. The number of likely N-dealkylation sites (tertiary alicyclic amines) is 1. The Morgan fingerprint density at radius 2 is 2.30 bits per heavy atom. The molecule has 2 rings (SSSR count). The number of phenolic OH excluding ortho intramolecular Hbond substituents is 1. The first kappa shape index (κ1) is 14.3. The number of rotatable bonds is 3. The number of nitro groups is 1. The van der Waals surface area contributed by atoms with Gasteiger partial charge in [-0.1, -0.05) is 19.4 Å². The highest BCUT2D eigenvalue weighted by Gasteiger charge is 2.27. The molecule has 1 aromatic rings. The van der Waals surface area contributed by atoms with Gasteiger partial charge in [0, 0.05) is 19.2 Å². The van der Waals surface area contributed by atoms with Crippen molar-refractivity contribution in [2.45, 2.75) is 26.2 Å². The molecule has 1 unspecified atom stereocenters. The normalized spacial score (nSPS) is 18.9. The molecule has 20 heavy (non-hydrogen) atoms. The molecule has 1 saturated heterocycles. The number of hydrogen-bond donors (Lipinski definition) is 1. The minimum atomic E-state index is -0.683. The monoisotopic (exact) mass is 278 g/mol. The summed E-state index contributed by atoms with van der Waals surface area (Å²) < 4.78 is 0. The van der Waals surface area contributed by atoms with E-state index in [1.807, 2.05) is 0 Å². The van der Waals surface area contributed by atoms with Crippen LogP contribution in [0.4, 0.5) is 5.69 Å². The number of phenols is 1. The second-order valence-electron chi connectivity index (χ2n) is 5.10. The van der Waals surface area contributed by atoms with Gasteiger partial charge in [-0.2, -0.15) is 0 Å². The number of nitrogens with zero attached hydrogens (tertiary/aromatic N) is 2. The van der Waals surface area contributed by atoms with E-state index >= 15 is 0 Å². The van der Waals surface area contributed by atoms with Crippen molar-refractivity contribution in [2.75, 3.05) is 13.1 Å². The fraction of sp³-hybridized carbons (Fsp3) is 0.500. The van der Waals surface area contributed by atoms with Gasteiger partial charge in [0.05, 0.1) is 10.5 Å². The van der Waals surface area contributed by atoms with Crippen molar-refractivity contribution >= 4 is 11.6 Å². The smallest absolute Gasteiger partial charge is 0.311 e. The lowest BCUT2D eigenvalue weighted by Crippen LogP contribution is -2.39. The summed E-state index contributed by atoms with van der Waals surface area (Å²) in [7, 11) is 0. The van der Waals surface area contributed by atoms with Crippen LogP contribution in [0.1, 0.15) is 36.5 Å². The van der Waals surface area contributed by atoms with Gasteiger partial charge in [0.1, 0.15) is 0 Å². The molecule has 108 valence electrons. The molecular formula is C14H18N2O4. The standard InChI is InChI=1S/C14H18N2O4/c1-2-10-5-4-8-15(9-10)14(18)11-6-3-7-12(13(11)17)16(19)20/h3,6-7,10,17H,2,4-5,8-9H2,1H3. The van der Waals surface area contributed by atoms with E-state index in [1.54, 1.807) is 4.90 Å². The predicted molar refractivity (Wildman–Crippen MR) is 73.7 cm³/mol. The Morgan fingerprint density at radius 3 is 2.95 bits per heavy atom. The summed E-state index contributed by atoms with van der Waals surface area (Å²) in [6.45, 7) is 3.37. The number of para-hydroxylation sites is 1. The number of piperidine rings is 1. The molecular weight excluding hydrogens is 260 g/mol. The van der Waals surface area contributed by atoms with Crippen molar-refractivity contribution in [1.29, 1.82) is 0 Å². The molecule has 0 bridgehead atoms. The van der Waals surface area contributed by atoms with Gasteiger partial charge in [0.25, 0.3) is 5.91 Å². The third-order valence-corrected chi connectivity index (χ3v) is 3.83. The number of benzene rings is 1. The first-order valence-electron chi connectivity index (χ1n) is 6.80. The number of nitro benzene ring substituents is 1. The van der Waals surface area contributed by atoms with Gasteiger partial charge in [0.2, 0.25) is 5.75 Å². The zero-order valence-corrected chi connectivity index (χ0v) is 11.4. The van der Waals surface area contributed by atoms with Crippen LogP contribution in [0.25, 0.3) is 0 Å². The molecule has 0 spiro atoms. The predicted octanol–water partition coefficient (Wildman–Crippen LogP) is 2.56. The molecule has 1 atom stereocenters. The van der Waals surface area contributed by atoms with Gasteiger partial charge in [-0.25, -0.2) is 0 Å². The summed E-state index contributed by atoms with van der Waals surface area (Å²) in [5, 5.41) is 20.7. The second-order valence-corrected chi connectivity index (χ2v) is 5.10. The van der Waals surface area contributed by atoms with Crippen molar-refractivity contribution in [1.82, 2.24) is 4.90 Å². The molecule has 1 aliphatic heterocycles. The number of aromatic hydroxyl groups is 1. The van der Waals surface area contributed by atoms with Crippen molar-refractivity contribution in [3.05, 3.63) is 33.9 Å². The van der Waals surface area contributed by atoms with E-state index in [1.165, 1.54) is 18.2 Å². The van der Waals surface area contributed by atoms with Crippen molar-refractivity contribution in [3.8, 4) is 5.75 Å². The van der Waals surface area contributed by atoms with Crippen LogP contribution in [0.3, 0.4) is 0 Å². The van der Waals surface area contributed by atoms with Crippen LogP contribution in [0.2, 0.25) is 0 Å². The summed E-state index contributed by atoms with van der Waals surface area (Å²) in [4.78, 5) is 24.2. The van der Waals surface area contributed by atoms with E-state index in [9.17, 15) is 20.0 Å². The van der Waals surface area contributed by atoms with Crippen LogP contribution in [-0.2, 0) is 0 Å². The fourth-order valence-electron chi connectivity index (χ4n) is 2.60. The van der Waals surface area contributed by atoms with Crippen molar-refractivity contribution in [3.63, 3.8) is 0 Å². The Morgan fingerprint density at radius 1 is 1.55 bits per heavy atom. The Bertz CT molecular complexity index is 530. The van der Waals surface area contributed by atoms with Crippen molar-refractivity contribution in [2.24, 2.45) is 5.92 Å². The van der Waals surface area contributed by atoms with E-state index in [-0.39, 0.29) is 11.5 Å². The molecule has 1 heterocycles. The van der Waals surface area contributed by atoms with Gasteiger partial charge < -0.3 is 10.0 Å². The summed E-state index contributed by atoms with van der Waals surface area (Å²) in [5.41, 5.74) is -0.421. The number of hydrogen-bond acceptors (Lipinski definition) is 4. The van der Waals surface area contributed by atoms with Crippen LogP contribution < -0.4 is 0 Å². The van der Waals surface area contributed by atoms with E-state index in [0.717, 1.165) is 19.3 Å². The minimum Gasteiger partial charge on any atom is -0.502 e. The first-order chi connectivity index (χ1) is 9.54. The average Bonchev–Trinajstić information content (AvgIpc) is 2.46. The van der Waals surface area contributed by atoms with E-state index < -0.39 is 16.4 Å². The zero-order valence-electron chi connectivity index (χ0n) is 11.4. The zero-order chi connectivity index (χ0) is 14.7. The van der Waals surface area contributed by atoms with Crippen LogP contribution in [-0.4, -0.2) is 33.9 Å². The second kappa shape index (κ2) is 5.90. The summed E-state index contributed by atoms with van der Waals surface area (Å²) in [6.07, 6.45) is 3.03. The van der Waals surface area contributed by atoms with Gasteiger partial charge in [-0.15, -0.1) is 0 Å². The molecule has 0 aliphatic carbocycles. The van der Waals surface area contributed by atoms with Gasteiger partial charge in [0.15, 0.2) is 0 Å². The third kappa shape index (κ3) is 2.74. The SMILES string of the molecule is CCC1CCCN(C(=O)c2cccc([N+](=O)[O-])c2O)C1. The van der Waals surface area contributed by atoms with Crippen LogP contribution in [0.15, 0.2) is 18.2 Å². The Kier molecular flexibility index (Phi) is 4.22. The summed E-state index contributed by atoms with van der Waals surface area (Å²) in [5.74, 6) is -0.404. The average molecular weight is 278 g/mol. The van der Waals surface area contributed by atoms with Gasteiger partial charge in [-0.05, 0) is 24.8 Å². The Balaban J connectivity index is 2.25. The van der Waals surface area contributed by atoms with Gasteiger partial charge >= 0.3 is 5.69 Å². The van der Waals surface area contributed by atoms with Gasteiger partial charge in [-0.3, -0.25) is 14.9 Å². The maximum absolute atomic E-state index is 12.4. The molecule has 1 aliphatic rings. The van der Waals surface area contributed by atoms with E-state index in [2.05, 4.69) is 6.92 Å². The maximum atomic E-state index is 12.4. The molecule has 0 radical (unpaired) electrons. The fourth-order valence-corrected chi connectivity index (χ4v) is 2.60. The molecule has 0 aromatic heterocycles. The van der Waals surface area contributed by atoms with Crippen LogP contribution in [0, 0.1) is 16.0 Å². The molecule has 1 aromatic carbocycles. The van der Waals surface area contributed by atoms with Crippen molar-refractivity contribution < 1.29 is 14.8 Å². The topological polar surface area (TPSA) is 83.7 Å². The Labute approximate surface area is 117 Å². The maximum Gasteiger partial charge on any atom is 0.311 e. The molecule has 0 saturated carbocycles. The molecule has 1 amide bonds. The van der Waals surface area contributed by atoms with E-state index in [0.29, 0.717) is 19.0 Å². The summed E-state index contributed by atoms with van der Waals surface area (Å²) >= 11 is 0. The van der Waals surface area contributed by atoms with E-state index in [4.69, 9.17) is 0 Å². The first-order valence-corrected chi connectivity index (χ1v) is 6.80. The Hall–Kier alpha value is -2.11. The highest BCUT2D eigenvalue weighted by atomic mass is 16.6. The lowest BCUT2D eigenvalue weighted by Gasteiger charge is -2.32. The molecule has 6 nitrogen and oxygen atoms in total. The largest absolute Gasteiger partial charge is 0.502 e. The third-order valence-electron chi connectivity index (χ3n) is 3.83. The lowest BCUT2D eigenvalue weighted by atomic mass is 9.95. The quantitative estimate of drug-likeness (QED) is 0.680. The highest BCUT2D eigenvalue weighted by molar-refractivity contribution is 5.98. The molecule has 1 N–H and O–H groups in total. The number of carbonyl (C=O) groups excluding carboxylic acids is 1. The number of carbonyl (C=O) groups is 1. The highest BCUT2D eigenvalue weighted by Crippen LogP contribution is 2.31. The molecule has 6 heteroatoms. The van der Waals surface area contributed by atoms with Crippen LogP contribution in [0.5, 0.6) is 5.75 Å². The lowest BCUT2D eigenvalue weighted by molar-refractivity contribution is -0.385. The van der Waals surface area contributed by atoms with Crippen LogP contribution >= 0.6 is 0 Å².